The van der Waals surface area contributed by atoms with Crippen molar-refractivity contribution in [1.82, 2.24) is 0 Å². The van der Waals surface area contributed by atoms with E-state index >= 15 is 0 Å². The number of amides is 1. The molecule has 0 aliphatic heterocycles. The fourth-order valence-electron chi connectivity index (χ4n) is 3.67. The summed E-state index contributed by atoms with van der Waals surface area (Å²) in [6, 6.07) is 27.2. The van der Waals surface area contributed by atoms with Gasteiger partial charge in [0, 0.05) is 10.4 Å². The zero-order chi connectivity index (χ0) is 23.9. The average molecular weight is 472 g/mol. The monoisotopic (exact) mass is 471 g/mol. The molecular formula is C28H25NO4S. The summed E-state index contributed by atoms with van der Waals surface area (Å²) in [5, 5.41) is 3.30. The fraction of sp³-hybridized carbons (Fsp3) is 0.143. The van der Waals surface area contributed by atoms with Crippen molar-refractivity contribution < 1.29 is 19.1 Å². The molecule has 5 nitrogen and oxygen atoms in total. The maximum absolute atomic E-state index is 12.8. The van der Waals surface area contributed by atoms with Crippen molar-refractivity contribution in [3.05, 3.63) is 95.4 Å². The summed E-state index contributed by atoms with van der Waals surface area (Å²) in [6.45, 7) is 3.76. The Labute approximate surface area is 203 Å². The largest absolute Gasteiger partial charge is 0.484 e. The molecule has 0 spiro atoms. The summed E-state index contributed by atoms with van der Waals surface area (Å²) in [4.78, 5) is 26.4. The topological polar surface area (TPSA) is 64.6 Å². The van der Waals surface area contributed by atoms with Gasteiger partial charge in [0.1, 0.15) is 16.3 Å². The van der Waals surface area contributed by atoms with Gasteiger partial charge in [-0.1, -0.05) is 72.8 Å². The molecule has 6 heteroatoms. The van der Waals surface area contributed by atoms with Crippen LogP contribution in [-0.4, -0.2) is 25.1 Å². The van der Waals surface area contributed by atoms with E-state index in [1.165, 1.54) is 11.3 Å². The molecule has 0 unspecified atom stereocenters. The van der Waals surface area contributed by atoms with Gasteiger partial charge in [-0.05, 0) is 42.7 Å². The summed E-state index contributed by atoms with van der Waals surface area (Å²) in [7, 11) is 0. The second-order valence-corrected chi connectivity index (χ2v) is 8.78. The van der Waals surface area contributed by atoms with Crippen LogP contribution in [0.15, 0.2) is 84.9 Å². The lowest BCUT2D eigenvalue weighted by Crippen LogP contribution is -2.21. The second kappa shape index (κ2) is 10.8. The first-order chi connectivity index (χ1) is 16.6. The van der Waals surface area contributed by atoms with E-state index in [2.05, 4.69) is 5.32 Å². The highest BCUT2D eigenvalue weighted by molar-refractivity contribution is 7.17. The number of rotatable bonds is 8. The SMILES string of the molecule is CCOC(=O)c1c(NC(=O)COc2ccc(-c3ccccc3)cc2)sc(C)c1-c1ccccc1. The molecule has 3 aromatic carbocycles. The van der Waals surface area contributed by atoms with Gasteiger partial charge < -0.3 is 14.8 Å². The van der Waals surface area contributed by atoms with Crippen molar-refractivity contribution in [2.75, 3.05) is 18.5 Å². The van der Waals surface area contributed by atoms with Gasteiger partial charge in [-0.25, -0.2) is 4.79 Å². The zero-order valence-electron chi connectivity index (χ0n) is 19.0. The first-order valence-corrected chi connectivity index (χ1v) is 11.8. The molecule has 4 aromatic rings. The van der Waals surface area contributed by atoms with Gasteiger partial charge in [0.15, 0.2) is 6.61 Å². The maximum Gasteiger partial charge on any atom is 0.341 e. The van der Waals surface area contributed by atoms with E-state index in [0.29, 0.717) is 16.3 Å². The Morgan fingerprint density at radius 3 is 2.03 bits per heavy atom. The Bertz CT molecular complexity index is 1270. The van der Waals surface area contributed by atoms with Crippen molar-refractivity contribution in [3.8, 4) is 28.0 Å². The molecule has 1 N–H and O–H groups in total. The van der Waals surface area contributed by atoms with Gasteiger partial charge in [0.2, 0.25) is 0 Å². The molecule has 0 radical (unpaired) electrons. The number of carbonyl (C=O) groups excluding carboxylic acids is 2. The quantitative estimate of drug-likeness (QED) is 0.295. The standard InChI is InChI=1S/C28H25NO4S/c1-3-32-28(31)26-25(22-12-8-5-9-13-22)19(2)34-27(26)29-24(30)18-33-23-16-14-21(15-17-23)20-10-6-4-7-11-20/h4-17H,3,18H2,1-2H3,(H,29,30). The highest BCUT2D eigenvalue weighted by atomic mass is 32.1. The van der Waals surface area contributed by atoms with E-state index in [1.54, 1.807) is 6.92 Å². The number of hydrogen-bond donors (Lipinski definition) is 1. The van der Waals surface area contributed by atoms with E-state index in [0.717, 1.165) is 27.1 Å². The van der Waals surface area contributed by atoms with Gasteiger partial charge in [-0.2, -0.15) is 0 Å². The van der Waals surface area contributed by atoms with Crippen molar-refractivity contribution in [2.24, 2.45) is 0 Å². The highest BCUT2D eigenvalue weighted by Crippen LogP contribution is 2.40. The van der Waals surface area contributed by atoms with Crippen LogP contribution in [0.2, 0.25) is 0 Å². The van der Waals surface area contributed by atoms with Crippen molar-refractivity contribution in [3.63, 3.8) is 0 Å². The Hall–Kier alpha value is -3.90. The lowest BCUT2D eigenvalue weighted by Gasteiger charge is -2.10. The third kappa shape index (κ3) is 5.35. The average Bonchev–Trinajstić information content (AvgIpc) is 3.19. The molecule has 0 aliphatic rings. The van der Waals surface area contributed by atoms with Gasteiger partial charge in [0.25, 0.3) is 5.91 Å². The summed E-state index contributed by atoms with van der Waals surface area (Å²) in [5.41, 5.74) is 4.22. The lowest BCUT2D eigenvalue weighted by molar-refractivity contribution is -0.118. The van der Waals surface area contributed by atoms with Crippen molar-refractivity contribution >= 4 is 28.2 Å². The predicted molar refractivity (Wildman–Crippen MR) is 136 cm³/mol. The predicted octanol–water partition coefficient (Wildman–Crippen LogP) is 6.58. The van der Waals surface area contributed by atoms with E-state index in [-0.39, 0.29) is 19.1 Å². The molecule has 0 atom stereocenters. The molecule has 4 rings (SSSR count). The summed E-state index contributed by atoms with van der Waals surface area (Å²) < 4.78 is 11.0. The second-order valence-electron chi connectivity index (χ2n) is 7.55. The molecule has 0 fully saturated rings. The smallest absolute Gasteiger partial charge is 0.341 e. The molecular weight excluding hydrogens is 446 g/mol. The molecule has 172 valence electrons. The minimum Gasteiger partial charge on any atom is -0.484 e. The van der Waals surface area contributed by atoms with Crippen LogP contribution < -0.4 is 10.1 Å². The van der Waals surface area contributed by atoms with Crippen LogP contribution >= 0.6 is 11.3 Å². The molecule has 0 saturated heterocycles. The molecule has 1 aromatic heterocycles. The molecule has 0 bridgehead atoms. The summed E-state index contributed by atoms with van der Waals surface area (Å²) in [6.07, 6.45) is 0. The third-order valence-electron chi connectivity index (χ3n) is 5.21. The van der Waals surface area contributed by atoms with E-state index in [4.69, 9.17) is 9.47 Å². The fourth-order valence-corrected chi connectivity index (χ4v) is 4.75. The van der Waals surface area contributed by atoms with Crippen LogP contribution in [0.4, 0.5) is 5.00 Å². The number of anilines is 1. The Morgan fingerprint density at radius 1 is 0.824 bits per heavy atom. The first kappa shape index (κ1) is 23.3. The number of benzene rings is 3. The lowest BCUT2D eigenvalue weighted by atomic mass is 10.0. The van der Waals surface area contributed by atoms with Crippen LogP contribution in [0.1, 0.15) is 22.2 Å². The third-order valence-corrected chi connectivity index (χ3v) is 6.23. The van der Waals surface area contributed by atoms with Crippen LogP contribution in [0.3, 0.4) is 0 Å². The Morgan fingerprint density at radius 2 is 1.41 bits per heavy atom. The van der Waals surface area contributed by atoms with E-state index < -0.39 is 5.97 Å². The number of carbonyl (C=O) groups is 2. The number of thiophene rings is 1. The van der Waals surface area contributed by atoms with Gasteiger partial charge in [0.05, 0.1) is 6.61 Å². The normalized spacial score (nSPS) is 10.5. The number of esters is 1. The number of nitrogens with one attached hydrogen (secondary N) is 1. The van der Waals surface area contributed by atoms with Crippen LogP contribution in [0, 0.1) is 6.92 Å². The Kier molecular flexibility index (Phi) is 7.40. The van der Waals surface area contributed by atoms with E-state index in [9.17, 15) is 9.59 Å². The molecule has 0 saturated carbocycles. The van der Waals surface area contributed by atoms with Crippen molar-refractivity contribution in [2.45, 2.75) is 13.8 Å². The molecule has 0 aliphatic carbocycles. The minimum absolute atomic E-state index is 0.176. The van der Waals surface area contributed by atoms with Crippen LogP contribution in [0.25, 0.3) is 22.3 Å². The number of hydrogen-bond acceptors (Lipinski definition) is 5. The van der Waals surface area contributed by atoms with Gasteiger partial charge in [-0.3, -0.25) is 4.79 Å². The molecule has 1 amide bonds. The maximum atomic E-state index is 12.8. The Balaban J connectivity index is 1.48. The zero-order valence-corrected chi connectivity index (χ0v) is 19.9. The van der Waals surface area contributed by atoms with Crippen molar-refractivity contribution in [1.29, 1.82) is 0 Å². The molecule has 34 heavy (non-hydrogen) atoms. The summed E-state index contributed by atoms with van der Waals surface area (Å²) in [5.74, 6) is -0.218. The first-order valence-electron chi connectivity index (χ1n) is 11.0. The van der Waals surface area contributed by atoms with Gasteiger partial charge in [-0.15, -0.1) is 11.3 Å². The number of aryl methyl sites for hydroxylation is 1. The van der Waals surface area contributed by atoms with Crippen LogP contribution in [-0.2, 0) is 9.53 Å². The number of ether oxygens (including phenoxy) is 2. The highest BCUT2D eigenvalue weighted by Gasteiger charge is 2.25. The van der Waals surface area contributed by atoms with Gasteiger partial charge >= 0.3 is 5.97 Å². The molecule has 1 heterocycles. The van der Waals surface area contributed by atoms with E-state index in [1.807, 2.05) is 91.9 Å². The minimum atomic E-state index is -0.460. The summed E-state index contributed by atoms with van der Waals surface area (Å²) >= 11 is 1.35. The van der Waals surface area contributed by atoms with Crippen LogP contribution in [0.5, 0.6) is 5.75 Å².